The van der Waals surface area contributed by atoms with Crippen molar-refractivity contribution < 1.29 is 0 Å². The molecule has 0 aromatic carbocycles. The third kappa shape index (κ3) is 1.42. The number of nitrogens with zero attached hydrogens (tertiary/aromatic N) is 1. The van der Waals surface area contributed by atoms with E-state index in [1.165, 1.54) is 0 Å². The molecule has 1 rings (SSSR count). The van der Waals surface area contributed by atoms with Gasteiger partial charge >= 0.3 is 0 Å². The van der Waals surface area contributed by atoms with E-state index in [9.17, 15) is 0 Å². The van der Waals surface area contributed by atoms with Crippen LogP contribution in [-0.4, -0.2) is 4.03 Å². The molecule has 0 spiro atoms. The van der Waals surface area contributed by atoms with Crippen molar-refractivity contribution in [2.45, 2.75) is 0 Å². The number of hydrogen-bond donors (Lipinski definition) is 1. The van der Waals surface area contributed by atoms with Gasteiger partial charge in [-0.05, 0) is 6.08 Å². The van der Waals surface area contributed by atoms with Gasteiger partial charge in [0.1, 0.15) is 0 Å². The van der Waals surface area contributed by atoms with Crippen LogP contribution < -0.4 is 5.43 Å². The molecule has 1 N–H and O–H groups in total. The molecule has 0 aromatic rings. The van der Waals surface area contributed by atoms with Gasteiger partial charge in [0, 0.05) is 12.4 Å². The third-order valence-corrected chi connectivity index (χ3v) is 1.37. The normalized spacial score (nSPS) is 17.8. The van der Waals surface area contributed by atoms with Crippen molar-refractivity contribution in [3.63, 3.8) is 0 Å². The lowest BCUT2D eigenvalue weighted by Gasteiger charge is -2.13. The van der Waals surface area contributed by atoms with Crippen LogP contribution in [0, 0.1) is 0 Å². The topological polar surface area (TPSA) is 15.3 Å². The van der Waals surface area contributed by atoms with Crippen LogP contribution in [0.25, 0.3) is 0 Å². The van der Waals surface area contributed by atoms with Crippen LogP contribution in [0.15, 0.2) is 23.5 Å². The van der Waals surface area contributed by atoms with Crippen LogP contribution in [0.1, 0.15) is 0 Å². The van der Waals surface area contributed by atoms with Gasteiger partial charge in [0.15, 0.2) is 0 Å². The smallest absolute Gasteiger partial charge is 0.0723 e. The molecule has 0 atom stereocenters. The molecule has 1 aliphatic heterocycles. The second-order valence-corrected chi connectivity index (χ2v) is 2.49. The molecule has 0 fully saturated rings. The first-order valence-corrected chi connectivity index (χ1v) is 3.13. The highest BCUT2D eigenvalue weighted by Gasteiger charge is 1.94. The van der Waals surface area contributed by atoms with E-state index in [0.29, 0.717) is 5.03 Å². The molecule has 0 saturated heterocycles. The van der Waals surface area contributed by atoms with Gasteiger partial charge < -0.3 is 0 Å². The number of nitrogens with one attached hydrogen (secondary N) is 1. The zero-order valence-corrected chi connectivity index (χ0v) is 6.28. The fourth-order valence-corrected chi connectivity index (χ4v) is 0.677. The maximum absolute atomic E-state index is 5.55. The van der Waals surface area contributed by atoms with E-state index in [-0.39, 0.29) is 0 Å². The van der Waals surface area contributed by atoms with Gasteiger partial charge in [-0.3, -0.25) is 5.43 Å². The van der Waals surface area contributed by atoms with Crippen molar-refractivity contribution in [1.29, 1.82) is 0 Å². The first-order valence-electron chi connectivity index (χ1n) is 2.04. The van der Waals surface area contributed by atoms with Gasteiger partial charge in [0.2, 0.25) is 0 Å². The molecule has 1 aliphatic rings. The van der Waals surface area contributed by atoms with Gasteiger partial charge in [-0.1, -0.05) is 11.6 Å². The van der Waals surface area contributed by atoms with E-state index in [2.05, 4.69) is 21.6 Å². The quantitative estimate of drug-likeness (QED) is 0.592. The van der Waals surface area contributed by atoms with Gasteiger partial charge in [-0.2, -0.15) is 0 Å². The summed E-state index contributed by atoms with van der Waals surface area (Å²) in [5, 5.41) is 0.695. The average molecular weight is 195 g/mol. The summed E-state index contributed by atoms with van der Waals surface area (Å²) in [7, 11) is 0. The molecule has 4 heteroatoms. The minimum absolute atomic E-state index is 0.695. The molecule has 8 heavy (non-hydrogen) atoms. The molecule has 0 saturated carbocycles. The Morgan fingerprint density at radius 2 is 2.50 bits per heavy atom. The molecule has 0 aromatic heterocycles. The largest absolute Gasteiger partial charge is 0.295 e. The Morgan fingerprint density at radius 1 is 1.75 bits per heavy atom. The van der Waals surface area contributed by atoms with Crippen LogP contribution in [0.2, 0.25) is 0 Å². The SMILES string of the molecule is ClC1=CNN(Br)C=C1. The summed E-state index contributed by atoms with van der Waals surface area (Å²) in [6, 6.07) is 0. The predicted octanol–water partition coefficient (Wildman–Crippen LogP) is 1.71. The molecular weight excluding hydrogens is 191 g/mol. The second kappa shape index (κ2) is 2.42. The lowest BCUT2D eigenvalue weighted by molar-refractivity contribution is 0.551. The van der Waals surface area contributed by atoms with Crippen molar-refractivity contribution in [1.82, 2.24) is 9.46 Å². The number of hydrogen-bond acceptors (Lipinski definition) is 2. The van der Waals surface area contributed by atoms with Crippen molar-refractivity contribution in [3.05, 3.63) is 23.5 Å². The average Bonchev–Trinajstić information content (AvgIpc) is 1.77. The van der Waals surface area contributed by atoms with E-state index in [0.717, 1.165) is 0 Å². The maximum atomic E-state index is 5.55. The lowest BCUT2D eigenvalue weighted by atomic mass is 10.5. The summed E-state index contributed by atoms with van der Waals surface area (Å²) in [5.74, 6) is 0. The Morgan fingerprint density at radius 3 is 2.88 bits per heavy atom. The van der Waals surface area contributed by atoms with Crippen molar-refractivity contribution in [3.8, 4) is 0 Å². The fourth-order valence-electron chi connectivity index (χ4n) is 0.351. The Bertz CT molecular complexity index is 143. The van der Waals surface area contributed by atoms with Gasteiger partial charge in [-0.25, -0.2) is 4.03 Å². The van der Waals surface area contributed by atoms with Gasteiger partial charge in [0.25, 0.3) is 0 Å². The molecule has 0 aliphatic carbocycles. The van der Waals surface area contributed by atoms with Gasteiger partial charge in [0.05, 0.1) is 21.2 Å². The fraction of sp³-hybridized carbons (Fsp3) is 0. The van der Waals surface area contributed by atoms with Crippen molar-refractivity contribution in [2.75, 3.05) is 0 Å². The van der Waals surface area contributed by atoms with E-state index >= 15 is 0 Å². The summed E-state index contributed by atoms with van der Waals surface area (Å²) in [5.41, 5.74) is 2.80. The molecular formula is C4H4BrClN2. The molecule has 0 radical (unpaired) electrons. The summed E-state index contributed by atoms with van der Waals surface area (Å²) < 4.78 is 1.62. The van der Waals surface area contributed by atoms with Crippen LogP contribution in [-0.2, 0) is 0 Å². The minimum atomic E-state index is 0.695. The van der Waals surface area contributed by atoms with E-state index in [4.69, 9.17) is 11.6 Å². The molecule has 0 bridgehead atoms. The minimum Gasteiger partial charge on any atom is -0.295 e. The second-order valence-electron chi connectivity index (χ2n) is 1.29. The Balaban J connectivity index is 2.58. The van der Waals surface area contributed by atoms with Crippen molar-refractivity contribution >= 4 is 27.7 Å². The summed E-state index contributed by atoms with van der Waals surface area (Å²) >= 11 is 8.69. The predicted molar refractivity (Wildman–Crippen MR) is 37.0 cm³/mol. The highest BCUT2D eigenvalue weighted by molar-refractivity contribution is 9.07. The first-order chi connectivity index (χ1) is 3.79. The maximum Gasteiger partial charge on any atom is 0.0723 e. The van der Waals surface area contributed by atoms with E-state index in [1.54, 1.807) is 22.5 Å². The Hall–Kier alpha value is -0.150. The summed E-state index contributed by atoms with van der Waals surface area (Å²) in [6.45, 7) is 0. The monoisotopic (exact) mass is 194 g/mol. The standard InChI is InChI=1S/C4H4BrClN2/c5-8-2-1-4(6)3-7-8/h1-3,7H. The summed E-state index contributed by atoms with van der Waals surface area (Å²) in [4.78, 5) is 0. The summed E-state index contributed by atoms with van der Waals surface area (Å²) in [6.07, 6.45) is 5.21. The number of halogens is 2. The zero-order chi connectivity index (χ0) is 5.98. The molecule has 0 amide bonds. The molecule has 0 unspecified atom stereocenters. The zero-order valence-electron chi connectivity index (χ0n) is 3.94. The van der Waals surface area contributed by atoms with Crippen LogP contribution >= 0.6 is 27.7 Å². The molecule has 1 heterocycles. The third-order valence-electron chi connectivity index (χ3n) is 0.690. The van der Waals surface area contributed by atoms with Crippen molar-refractivity contribution in [2.24, 2.45) is 0 Å². The van der Waals surface area contributed by atoms with E-state index < -0.39 is 0 Å². The van der Waals surface area contributed by atoms with Crippen LogP contribution in [0.4, 0.5) is 0 Å². The highest BCUT2D eigenvalue weighted by atomic mass is 79.9. The van der Waals surface area contributed by atoms with E-state index in [1.807, 2.05) is 0 Å². The van der Waals surface area contributed by atoms with Gasteiger partial charge in [-0.15, -0.1) is 0 Å². The Kier molecular flexibility index (Phi) is 1.81. The number of hydrazine groups is 1. The Labute approximate surface area is 61.1 Å². The first kappa shape index (κ1) is 5.98. The number of rotatable bonds is 0. The molecule has 44 valence electrons. The highest BCUT2D eigenvalue weighted by Crippen LogP contribution is 2.08. The molecule has 2 nitrogen and oxygen atoms in total. The van der Waals surface area contributed by atoms with Crippen LogP contribution in [0.5, 0.6) is 0 Å². The number of allylic oxidation sites excluding steroid dienone is 2. The lowest BCUT2D eigenvalue weighted by Crippen LogP contribution is -2.20. The van der Waals surface area contributed by atoms with Crippen LogP contribution in [0.3, 0.4) is 0 Å².